The number of rotatable bonds is 3. The van der Waals surface area contributed by atoms with E-state index in [2.05, 4.69) is 0 Å². The number of non-ortho nitro benzene ring substituents is 1. The highest BCUT2D eigenvalue weighted by Gasteiger charge is 2.13. The van der Waals surface area contributed by atoms with E-state index in [1.54, 1.807) is 6.92 Å². The van der Waals surface area contributed by atoms with Gasteiger partial charge in [-0.1, -0.05) is 6.92 Å². The molecule has 4 nitrogen and oxygen atoms in total. The second kappa shape index (κ2) is 4.15. The van der Waals surface area contributed by atoms with Crippen molar-refractivity contribution in [1.82, 2.24) is 0 Å². The van der Waals surface area contributed by atoms with Crippen LogP contribution in [0.25, 0.3) is 0 Å². The van der Waals surface area contributed by atoms with Gasteiger partial charge in [0.05, 0.1) is 11.0 Å². The Morgan fingerprint density at radius 3 is 2.71 bits per heavy atom. The van der Waals surface area contributed by atoms with Crippen LogP contribution < -0.4 is 0 Å². The zero-order valence-electron chi connectivity index (χ0n) is 7.61. The van der Waals surface area contributed by atoms with Gasteiger partial charge in [0, 0.05) is 18.6 Å². The third kappa shape index (κ3) is 2.26. The summed E-state index contributed by atoms with van der Waals surface area (Å²) in [7, 11) is 0. The van der Waals surface area contributed by atoms with Crippen LogP contribution in [0.15, 0.2) is 18.2 Å². The number of halogens is 1. The van der Waals surface area contributed by atoms with Gasteiger partial charge in [0.1, 0.15) is 5.82 Å². The first-order chi connectivity index (χ1) is 6.54. The lowest BCUT2D eigenvalue weighted by atomic mass is 10.0. The van der Waals surface area contributed by atoms with Gasteiger partial charge in [-0.2, -0.15) is 0 Å². The Morgan fingerprint density at radius 1 is 1.57 bits per heavy atom. The first kappa shape index (κ1) is 10.6. The summed E-state index contributed by atoms with van der Waals surface area (Å²) in [6, 6.07) is 3.31. The summed E-state index contributed by atoms with van der Waals surface area (Å²) in [4.78, 5) is 9.74. The highest BCUT2D eigenvalue weighted by atomic mass is 19.1. The molecule has 1 atom stereocenters. The van der Waals surface area contributed by atoms with Crippen molar-refractivity contribution in [3.63, 3.8) is 0 Å². The molecule has 0 aromatic heterocycles. The molecule has 0 saturated heterocycles. The maximum Gasteiger partial charge on any atom is 0.272 e. The molecule has 0 spiro atoms. The van der Waals surface area contributed by atoms with Crippen LogP contribution in [0.4, 0.5) is 10.1 Å². The Balaban J connectivity index is 3.13. The summed E-state index contributed by atoms with van der Waals surface area (Å²) in [6.07, 6.45) is 0. The largest absolute Gasteiger partial charge is 0.396 e. The number of nitrogens with zero attached hydrogens (tertiary/aromatic N) is 1. The highest BCUT2D eigenvalue weighted by molar-refractivity contribution is 5.36. The normalized spacial score (nSPS) is 12.5. The Labute approximate surface area is 80.1 Å². The summed E-state index contributed by atoms with van der Waals surface area (Å²) in [5, 5.41) is 19.2. The molecule has 0 aliphatic rings. The number of nitro benzene ring substituents is 1. The summed E-state index contributed by atoms with van der Waals surface area (Å²) in [6.45, 7) is 1.50. The maximum absolute atomic E-state index is 12.9. The molecule has 0 heterocycles. The van der Waals surface area contributed by atoms with Crippen LogP contribution >= 0.6 is 0 Å². The lowest BCUT2D eigenvalue weighted by Crippen LogP contribution is -2.01. The van der Waals surface area contributed by atoms with Crippen LogP contribution in [0.2, 0.25) is 0 Å². The topological polar surface area (TPSA) is 63.4 Å². The third-order valence-electron chi connectivity index (χ3n) is 1.96. The summed E-state index contributed by atoms with van der Waals surface area (Å²) in [5.41, 5.74) is 0.138. The molecule has 1 aromatic rings. The molecular formula is C9H10FNO3. The van der Waals surface area contributed by atoms with E-state index >= 15 is 0 Å². The second-order valence-electron chi connectivity index (χ2n) is 3.08. The molecule has 0 bridgehead atoms. The Hall–Kier alpha value is -1.49. The fourth-order valence-corrected chi connectivity index (χ4v) is 1.09. The quantitative estimate of drug-likeness (QED) is 0.596. The Bertz CT molecular complexity index is 354. The molecule has 1 unspecified atom stereocenters. The molecular weight excluding hydrogens is 189 g/mol. The van der Waals surface area contributed by atoms with E-state index in [9.17, 15) is 14.5 Å². The summed E-state index contributed by atoms with van der Waals surface area (Å²) in [5.74, 6) is -0.959. The minimum absolute atomic E-state index is 0.166. The number of hydrogen-bond acceptors (Lipinski definition) is 3. The van der Waals surface area contributed by atoms with Gasteiger partial charge in [0.15, 0.2) is 0 Å². The number of aliphatic hydroxyl groups is 1. The highest BCUT2D eigenvalue weighted by Crippen LogP contribution is 2.22. The molecule has 1 aromatic carbocycles. The fourth-order valence-electron chi connectivity index (χ4n) is 1.09. The monoisotopic (exact) mass is 199 g/mol. The SMILES string of the molecule is CC(CO)c1cc(F)cc([N+](=O)[O-])c1. The second-order valence-corrected chi connectivity index (χ2v) is 3.08. The predicted molar refractivity (Wildman–Crippen MR) is 48.6 cm³/mol. The Morgan fingerprint density at radius 2 is 2.21 bits per heavy atom. The van der Waals surface area contributed by atoms with E-state index in [1.165, 1.54) is 12.1 Å². The van der Waals surface area contributed by atoms with Crippen molar-refractivity contribution in [2.45, 2.75) is 12.8 Å². The standard InChI is InChI=1S/C9H10FNO3/c1-6(5-12)7-2-8(10)4-9(3-7)11(13)14/h2-4,6,12H,5H2,1H3. The molecule has 14 heavy (non-hydrogen) atoms. The van der Waals surface area contributed by atoms with Crippen molar-refractivity contribution in [2.75, 3.05) is 6.61 Å². The third-order valence-corrected chi connectivity index (χ3v) is 1.96. The molecule has 0 amide bonds. The van der Waals surface area contributed by atoms with E-state index in [0.717, 1.165) is 6.07 Å². The van der Waals surface area contributed by atoms with Gasteiger partial charge in [-0.25, -0.2) is 4.39 Å². The number of hydrogen-bond donors (Lipinski definition) is 1. The van der Waals surface area contributed by atoms with Gasteiger partial charge in [-0.05, 0) is 11.6 Å². The van der Waals surface area contributed by atoms with Crippen LogP contribution in [-0.4, -0.2) is 16.6 Å². The smallest absolute Gasteiger partial charge is 0.272 e. The van der Waals surface area contributed by atoms with Gasteiger partial charge in [0.2, 0.25) is 0 Å². The zero-order chi connectivity index (χ0) is 10.7. The van der Waals surface area contributed by atoms with Gasteiger partial charge in [-0.3, -0.25) is 10.1 Å². The predicted octanol–water partition coefficient (Wildman–Crippen LogP) is 1.83. The van der Waals surface area contributed by atoms with Crippen molar-refractivity contribution in [1.29, 1.82) is 0 Å². The lowest BCUT2D eigenvalue weighted by molar-refractivity contribution is -0.385. The fraction of sp³-hybridized carbons (Fsp3) is 0.333. The van der Waals surface area contributed by atoms with E-state index < -0.39 is 10.7 Å². The first-order valence-corrected chi connectivity index (χ1v) is 4.10. The van der Waals surface area contributed by atoms with Gasteiger partial charge >= 0.3 is 0 Å². The van der Waals surface area contributed by atoms with Crippen molar-refractivity contribution >= 4 is 5.69 Å². The Kier molecular flexibility index (Phi) is 3.14. The molecule has 0 aliphatic carbocycles. The van der Waals surface area contributed by atoms with E-state index in [4.69, 9.17) is 5.11 Å². The molecule has 1 rings (SSSR count). The molecule has 0 saturated carbocycles. The van der Waals surface area contributed by atoms with E-state index in [0.29, 0.717) is 5.56 Å². The van der Waals surface area contributed by atoms with Gasteiger partial charge in [-0.15, -0.1) is 0 Å². The van der Waals surface area contributed by atoms with Crippen LogP contribution in [0.5, 0.6) is 0 Å². The van der Waals surface area contributed by atoms with Gasteiger partial charge in [0.25, 0.3) is 5.69 Å². The number of nitro groups is 1. The summed E-state index contributed by atoms with van der Waals surface area (Å²) < 4.78 is 12.9. The molecule has 5 heteroatoms. The molecule has 1 N–H and O–H groups in total. The summed E-state index contributed by atoms with van der Waals surface area (Å²) >= 11 is 0. The molecule has 0 fully saturated rings. The maximum atomic E-state index is 12.9. The average Bonchev–Trinajstić information content (AvgIpc) is 2.15. The zero-order valence-corrected chi connectivity index (χ0v) is 7.61. The first-order valence-electron chi connectivity index (χ1n) is 4.10. The van der Waals surface area contributed by atoms with Crippen LogP contribution in [-0.2, 0) is 0 Å². The van der Waals surface area contributed by atoms with Crippen LogP contribution in [0.3, 0.4) is 0 Å². The van der Waals surface area contributed by atoms with Crippen molar-refractivity contribution < 1.29 is 14.4 Å². The average molecular weight is 199 g/mol. The van der Waals surface area contributed by atoms with Crippen molar-refractivity contribution in [2.24, 2.45) is 0 Å². The van der Waals surface area contributed by atoms with Crippen molar-refractivity contribution in [3.8, 4) is 0 Å². The van der Waals surface area contributed by atoms with E-state index in [1.807, 2.05) is 0 Å². The van der Waals surface area contributed by atoms with Crippen LogP contribution in [0, 0.1) is 15.9 Å². The lowest BCUT2D eigenvalue weighted by Gasteiger charge is -2.07. The number of aliphatic hydroxyl groups excluding tert-OH is 1. The molecule has 0 aliphatic heterocycles. The van der Waals surface area contributed by atoms with Gasteiger partial charge < -0.3 is 5.11 Å². The number of benzene rings is 1. The molecule has 76 valence electrons. The minimum atomic E-state index is -0.658. The van der Waals surface area contributed by atoms with Crippen LogP contribution in [0.1, 0.15) is 18.4 Å². The minimum Gasteiger partial charge on any atom is -0.396 e. The molecule has 0 radical (unpaired) electrons. The van der Waals surface area contributed by atoms with E-state index in [-0.39, 0.29) is 18.2 Å². The van der Waals surface area contributed by atoms with Crippen molar-refractivity contribution in [3.05, 3.63) is 39.7 Å².